The maximum Gasteiger partial charge on any atom is 2.00 e. The first-order chi connectivity index (χ1) is 17.6. The monoisotopic (exact) mass is 620 g/mol. The van der Waals surface area contributed by atoms with Crippen LogP contribution in [0.15, 0.2) is 120 Å². The van der Waals surface area contributed by atoms with Gasteiger partial charge in [-0.3, -0.25) is 0 Å². The van der Waals surface area contributed by atoms with Gasteiger partial charge in [-0.15, -0.1) is 11.6 Å². The fourth-order valence-electron chi connectivity index (χ4n) is 4.27. The molecule has 2 atom stereocenters. The summed E-state index contributed by atoms with van der Waals surface area (Å²) in [7, 11) is -3.79. The normalized spacial score (nSPS) is 12.9. The molecule has 7 heteroatoms. The number of aryl methyl sites for hydroxylation is 1. The van der Waals surface area contributed by atoms with Crippen LogP contribution in [0.4, 0.5) is 0 Å². The molecule has 0 aliphatic rings. The van der Waals surface area contributed by atoms with Crippen LogP contribution in [-0.2, 0) is 41.8 Å². The Hall–Kier alpha value is -2.34. The Labute approximate surface area is 238 Å². The van der Waals surface area contributed by atoms with E-state index in [1.54, 1.807) is 24.3 Å². The number of alkyl halides is 1. The summed E-state index contributed by atoms with van der Waals surface area (Å²) < 4.78 is 30.0. The summed E-state index contributed by atoms with van der Waals surface area (Å²) >= 11 is 5.89. The second-order valence-electron chi connectivity index (χ2n) is 8.72. The van der Waals surface area contributed by atoms with Crippen LogP contribution in [0.5, 0.6) is 0 Å². The summed E-state index contributed by atoms with van der Waals surface area (Å²) in [5.41, 5.74) is 4.07. The maximum atomic E-state index is 13.5. The van der Waals surface area contributed by atoms with Crippen LogP contribution in [0.25, 0.3) is 0 Å². The van der Waals surface area contributed by atoms with Crippen molar-refractivity contribution >= 4 is 21.6 Å². The third-order valence-corrected chi connectivity index (χ3v) is 7.94. The molecule has 4 rings (SSSR count). The molecule has 0 heterocycles. The number of hydrogen-bond donors (Lipinski definition) is 2. The van der Waals surface area contributed by atoms with E-state index in [1.807, 2.05) is 66.7 Å². The summed E-state index contributed by atoms with van der Waals surface area (Å²) in [6, 6.07) is 36.0. The van der Waals surface area contributed by atoms with Crippen LogP contribution in [-0.4, -0.2) is 15.0 Å². The average Bonchev–Trinajstić information content (AvgIpc) is 2.94. The van der Waals surface area contributed by atoms with Crippen molar-refractivity contribution in [1.29, 1.82) is 0 Å². The third kappa shape index (κ3) is 8.33. The number of sulfonamides is 1. The molecule has 0 saturated heterocycles. The molecule has 0 saturated carbocycles. The van der Waals surface area contributed by atoms with Crippen molar-refractivity contribution in [3.05, 3.63) is 138 Å². The zero-order valence-corrected chi connectivity index (χ0v) is 23.7. The van der Waals surface area contributed by atoms with Crippen molar-refractivity contribution in [2.75, 3.05) is 6.54 Å². The van der Waals surface area contributed by atoms with E-state index in [0.717, 1.165) is 36.1 Å². The van der Waals surface area contributed by atoms with E-state index in [-0.39, 0.29) is 30.4 Å². The summed E-state index contributed by atoms with van der Waals surface area (Å²) in [5.74, 6) is 0.337. The van der Waals surface area contributed by atoms with Crippen LogP contribution in [0.3, 0.4) is 0 Å². The molecule has 192 valence electrons. The smallest absolute Gasteiger partial charge is 0.308 e. The first-order valence-electron chi connectivity index (χ1n) is 12.1. The average molecular weight is 620 g/mol. The van der Waals surface area contributed by atoms with Gasteiger partial charge in [0.05, 0.1) is 17.0 Å². The summed E-state index contributed by atoms with van der Waals surface area (Å²) in [6.45, 7) is 0.740. The molecule has 0 radical (unpaired) electrons. The third-order valence-electron chi connectivity index (χ3n) is 6.17. The molecule has 0 unspecified atom stereocenters. The number of rotatable bonds is 12. The van der Waals surface area contributed by atoms with Gasteiger partial charge in [-0.05, 0) is 53.8 Å². The van der Waals surface area contributed by atoms with Gasteiger partial charge in [0, 0.05) is 5.88 Å². The van der Waals surface area contributed by atoms with Crippen LogP contribution < -0.4 is 10.0 Å². The van der Waals surface area contributed by atoms with Gasteiger partial charge < -0.3 is 5.32 Å². The van der Waals surface area contributed by atoms with Gasteiger partial charge in [-0.2, -0.15) is 0 Å². The molecule has 4 nitrogen and oxygen atoms in total. The molecule has 0 aliphatic carbocycles. The Bertz CT molecular complexity index is 1310. The minimum absolute atomic E-state index is 0. The summed E-state index contributed by atoms with van der Waals surface area (Å²) in [5, 5.41) is 3.65. The van der Waals surface area contributed by atoms with E-state index >= 15 is 0 Å². The van der Waals surface area contributed by atoms with Crippen LogP contribution in [0, 0.1) is 0 Å². The second kappa shape index (κ2) is 14.6. The van der Waals surface area contributed by atoms with Crippen LogP contribution in [0.1, 0.15) is 40.8 Å². The maximum absolute atomic E-state index is 13.5. The SMILES string of the molecule is O=S(=O)(N[C@@H](c1ccccc1)[C@@H](NCCCc1ccccc1)c1ccccc1)c1ccc(CCl)cc1.[Ru+2]. The van der Waals surface area contributed by atoms with Crippen molar-refractivity contribution in [2.24, 2.45) is 0 Å². The summed E-state index contributed by atoms with van der Waals surface area (Å²) in [6.07, 6.45) is 1.88. The summed E-state index contributed by atoms with van der Waals surface area (Å²) in [4.78, 5) is 0.216. The molecule has 0 amide bonds. The quantitative estimate of drug-likeness (QED) is 0.110. The van der Waals surface area contributed by atoms with Crippen molar-refractivity contribution in [2.45, 2.75) is 35.7 Å². The van der Waals surface area contributed by atoms with Gasteiger partial charge >= 0.3 is 19.5 Å². The molecule has 4 aromatic rings. The number of nitrogens with one attached hydrogen (secondary N) is 2. The Kier molecular flexibility index (Phi) is 11.5. The molecular formula is C30H31ClN2O2RuS+2. The Balaban J connectivity index is 0.00000380. The van der Waals surface area contributed by atoms with Crippen molar-refractivity contribution in [3.63, 3.8) is 0 Å². The first-order valence-corrected chi connectivity index (χ1v) is 14.1. The van der Waals surface area contributed by atoms with Gasteiger partial charge in [-0.25, -0.2) is 13.1 Å². The number of benzene rings is 4. The first kappa shape index (κ1) is 29.2. The largest absolute Gasteiger partial charge is 2.00 e. The van der Waals surface area contributed by atoms with E-state index in [4.69, 9.17) is 11.6 Å². The van der Waals surface area contributed by atoms with Crippen molar-refractivity contribution in [1.82, 2.24) is 10.0 Å². The van der Waals surface area contributed by atoms with Gasteiger partial charge in [0.2, 0.25) is 10.0 Å². The van der Waals surface area contributed by atoms with E-state index < -0.39 is 16.1 Å². The van der Waals surface area contributed by atoms with Crippen molar-refractivity contribution < 1.29 is 27.9 Å². The molecule has 37 heavy (non-hydrogen) atoms. The molecular weight excluding hydrogens is 589 g/mol. The standard InChI is InChI=1S/C30H31ClN2O2S.Ru/c31-23-25-18-20-28(21-19-25)36(34,35)33-30(27-16-8-3-9-17-27)29(26-14-6-2-7-15-26)32-22-10-13-24-11-4-1-5-12-24;/h1-9,11-12,14-21,29-30,32-33H,10,13,22-23H2;/q;+2/t29-,30-;/m0./s1. The molecule has 0 spiro atoms. The Morgan fingerprint density at radius 1 is 0.649 bits per heavy atom. The zero-order valence-electron chi connectivity index (χ0n) is 20.4. The van der Waals surface area contributed by atoms with Crippen LogP contribution in [0.2, 0.25) is 0 Å². The topological polar surface area (TPSA) is 58.2 Å². The van der Waals surface area contributed by atoms with E-state index in [0.29, 0.717) is 5.88 Å². The minimum Gasteiger partial charge on any atom is -0.308 e. The number of hydrogen-bond acceptors (Lipinski definition) is 3. The predicted molar refractivity (Wildman–Crippen MR) is 147 cm³/mol. The van der Waals surface area contributed by atoms with E-state index in [1.165, 1.54) is 5.56 Å². The molecule has 0 aromatic heterocycles. The fraction of sp³-hybridized carbons (Fsp3) is 0.200. The molecule has 0 fully saturated rings. The Morgan fingerprint density at radius 3 is 1.70 bits per heavy atom. The minimum atomic E-state index is -3.79. The fourth-order valence-corrected chi connectivity index (χ4v) is 5.68. The molecule has 0 bridgehead atoms. The molecule has 0 aliphatic heterocycles. The number of halogens is 1. The van der Waals surface area contributed by atoms with Gasteiger partial charge in [0.25, 0.3) is 0 Å². The zero-order chi connectivity index (χ0) is 25.2. The predicted octanol–water partition coefficient (Wildman–Crippen LogP) is 6.41. The second-order valence-corrected chi connectivity index (χ2v) is 10.7. The molecule has 2 N–H and O–H groups in total. The van der Waals surface area contributed by atoms with Gasteiger partial charge in [0.15, 0.2) is 0 Å². The van der Waals surface area contributed by atoms with Crippen LogP contribution >= 0.6 is 11.6 Å². The molecule has 4 aromatic carbocycles. The Morgan fingerprint density at radius 2 is 1.16 bits per heavy atom. The van der Waals surface area contributed by atoms with Gasteiger partial charge in [-0.1, -0.05) is 103 Å². The van der Waals surface area contributed by atoms with E-state index in [9.17, 15) is 8.42 Å². The van der Waals surface area contributed by atoms with Gasteiger partial charge in [0.1, 0.15) is 0 Å². The van der Waals surface area contributed by atoms with Crippen molar-refractivity contribution in [3.8, 4) is 0 Å². The van der Waals surface area contributed by atoms with E-state index in [2.05, 4.69) is 34.3 Å².